The molecule has 0 amide bonds. The highest BCUT2D eigenvalue weighted by molar-refractivity contribution is 5.23. The Balaban J connectivity index is 1.54. The van der Waals surface area contributed by atoms with Crippen molar-refractivity contribution in [3.63, 3.8) is 0 Å². The first kappa shape index (κ1) is 16.9. The highest BCUT2D eigenvalue weighted by atomic mass is 15.2. The predicted molar refractivity (Wildman–Crippen MR) is 96.6 cm³/mol. The Bertz CT molecular complexity index is 469. The summed E-state index contributed by atoms with van der Waals surface area (Å²) in [6.07, 6.45) is 0. The molecule has 4 heteroatoms. The molecule has 2 aliphatic rings. The van der Waals surface area contributed by atoms with Gasteiger partial charge >= 0.3 is 0 Å². The van der Waals surface area contributed by atoms with Crippen molar-refractivity contribution in [1.29, 1.82) is 0 Å². The summed E-state index contributed by atoms with van der Waals surface area (Å²) in [5.41, 5.74) is 2.88. The summed E-state index contributed by atoms with van der Waals surface area (Å²) in [5.74, 6) is 0. The Morgan fingerprint density at radius 2 is 1.39 bits per heavy atom. The van der Waals surface area contributed by atoms with Crippen LogP contribution in [0, 0.1) is 0 Å². The van der Waals surface area contributed by atoms with Gasteiger partial charge in [-0.2, -0.15) is 0 Å². The normalized spacial score (nSPS) is 28.1. The Morgan fingerprint density at radius 1 is 0.870 bits per heavy atom. The maximum atomic E-state index is 3.51. The maximum Gasteiger partial charge on any atom is 0.0240 e. The number of hydrogen-bond donors (Lipinski definition) is 1. The third kappa shape index (κ3) is 4.54. The van der Waals surface area contributed by atoms with Gasteiger partial charge in [0.2, 0.25) is 0 Å². The zero-order valence-corrected chi connectivity index (χ0v) is 15.0. The molecule has 2 saturated heterocycles. The molecule has 23 heavy (non-hydrogen) atoms. The van der Waals surface area contributed by atoms with E-state index in [0.29, 0.717) is 12.1 Å². The van der Waals surface area contributed by atoms with Gasteiger partial charge < -0.3 is 10.2 Å². The molecule has 0 spiro atoms. The van der Waals surface area contributed by atoms with Gasteiger partial charge in [0.25, 0.3) is 0 Å². The predicted octanol–water partition coefficient (Wildman–Crippen LogP) is 1.62. The fourth-order valence-corrected chi connectivity index (χ4v) is 3.71. The molecule has 0 bridgehead atoms. The van der Waals surface area contributed by atoms with E-state index < -0.39 is 0 Å². The first-order chi connectivity index (χ1) is 11.1. The van der Waals surface area contributed by atoms with Gasteiger partial charge in [-0.3, -0.25) is 9.80 Å². The average Bonchev–Trinajstić information content (AvgIpc) is 2.55. The van der Waals surface area contributed by atoms with Crippen molar-refractivity contribution in [1.82, 2.24) is 20.0 Å². The largest absolute Gasteiger partial charge is 0.314 e. The van der Waals surface area contributed by atoms with Gasteiger partial charge in [-0.15, -0.1) is 0 Å². The molecule has 4 nitrogen and oxygen atoms in total. The Labute approximate surface area is 141 Å². The highest BCUT2D eigenvalue weighted by Gasteiger charge is 2.24. The standard InChI is InChI=1S/C19H32N4/c1-16-12-20-13-17(2)23(16)15-19-6-4-18(5-7-19)14-22-10-8-21(3)9-11-22/h4-7,16-17,20H,8-15H2,1-3H3/t16-,17+. The van der Waals surface area contributed by atoms with Gasteiger partial charge in [-0.05, 0) is 32.0 Å². The number of benzene rings is 1. The van der Waals surface area contributed by atoms with Crippen LogP contribution >= 0.6 is 0 Å². The van der Waals surface area contributed by atoms with E-state index in [1.165, 1.54) is 37.3 Å². The summed E-state index contributed by atoms with van der Waals surface area (Å²) >= 11 is 0. The van der Waals surface area contributed by atoms with Gasteiger partial charge in [0.05, 0.1) is 0 Å². The average molecular weight is 316 g/mol. The van der Waals surface area contributed by atoms with Crippen molar-refractivity contribution in [2.45, 2.75) is 39.0 Å². The molecule has 1 N–H and O–H groups in total. The van der Waals surface area contributed by atoms with Gasteiger partial charge in [0.15, 0.2) is 0 Å². The second kappa shape index (κ2) is 7.75. The lowest BCUT2D eigenvalue weighted by Crippen LogP contribution is -2.54. The van der Waals surface area contributed by atoms with Crippen molar-refractivity contribution >= 4 is 0 Å². The Kier molecular flexibility index (Phi) is 5.70. The van der Waals surface area contributed by atoms with Crippen molar-refractivity contribution < 1.29 is 0 Å². The molecule has 0 saturated carbocycles. The second-order valence-corrected chi connectivity index (χ2v) is 7.42. The molecule has 2 fully saturated rings. The molecule has 0 unspecified atom stereocenters. The van der Waals surface area contributed by atoms with Crippen LogP contribution in [-0.4, -0.2) is 73.1 Å². The fourth-order valence-electron chi connectivity index (χ4n) is 3.71. The van der Waals surface area contributed by atoms with E-state index in [-0.39, 0.29) is 0 Å². The van der Waals surface area contributed by atoms with Crippen LogP contribution in [0.2, 0.25) is 0 Å². The number of nitrogens with one attached hydrogen (secondary N) is 1. The van der Waals surface area contributed by atoms with E-state index in [0.717, 1.165) is 26.2 Å². The molecule has 2 atom stereocenters. The molecule has 128 valence electrons. The van der Waals surface area contributed by atoms with Crippen LogP contribution < -0.4 is 5.32 Å². The van der Waals surface area contributed by atoms with Gasteiger partial charge in [-0.25, -0.2) is 0 Å². The van der Waals surface area contributed by atoms with Gasteiger partial charge in [0.1, 0.15) is 0 Å². The molecule has 0 aromatic heterocycles. The second-order valence-electron chi connectivity index (χ2n) is 7.42. The van der Waals surface area contributed by atoms with Crippen LogP contribution in [0.5, 0.6) is 0 Å². The van der Waals surface area contributed by atoms with Crippen molar-refractivity contribution in [3.05, 3.63) is 35.4 Å². The lowest BCUT2D eigenvalue weighted by molar-refractivity contribution is 0.109. The number of nitrogens with zero attached hydrogens (tertiary/aromatic N) is 3. The lowest BCUT2D eigenvalue weighted by atomic mass is 10.1. The third-order valence-corrected chi connectivity index (χ3v) is 5.40. The SMILES string of the molecule is C[C@@H]1CNC[C@H](C)N1Cc1ccc(CN2CCN(C)CC2)cc1. The van der Waals surface area contributed by atoms with E-state index in [4.69, 9.17) is 0 Å². The molecular formula is C19H32N4. The van der Waals surface area contributed by atoms with Crippen LogP contribution in [0.3, 0.4) is 0 Å². The smallest absolute Gasteiger partial charge is 0.0240 e. The monoisotopic (exact) mass is 316 g/mol. The Hall–Kier alpha value is -0.940. The molecule has 1 aromatic rings. The Morgan fingerprint density at radius 3 is 1.96 bits per heavy atom. The van der Waals surface area contributed by atoms with E-state index in [2.05, 4.69) is 65.2 Å². The van der Waals surface area contributed by atoms with Crippen LogP contribution in [0.25, 0.3) is 0 Å². The van der Waals surface area contributed by atoms with Gasteiger partial charge in [-0.1, -0.05) is 24.3 Å². The van der Waals surface area contributed by atoms with Gasteiger partial charge in [0, 0.05) is 64.4 Å². The fraction of sp³-hybridized carbons (Fsp3) is 0.684. The molecule has 0 radical (unpaired) electrons. The van der Waals surface area contributed by atoms with E-state index in [1.807, 2.05) is 0 Å². The lowest BCUT2D eigenvalue weighted by Gasteiger charge is -2.39. The van der Waals surface area contributed by atoms with Crippen LogP contribution in [0.1, 0.15) is 25.0 Å². The quantitative estimate of drug-likeness (QED) is 0.911. The summed E-state index contributed by atoms with van der Waals surface area (Å²) in [5, 5.41) is 3.51. The highest BCUT2D eigenvalue weighted by Crippen LogP contribution is 2.16. The molecular weight excluding hydrogens is 284 g/mol. The zero-order chi connectivity index (χ0) is 16.2. The van der Waals surface area contributed by atoms with Crippen LogP contribution in [0.4, 0.5) is 0 Å². The molecule has 1 aromatic carbocycles. The molecule has 3 rings (SSSR count). The van der Waals surface area contributed by atoms with Crippen molar-refractivity contribution in [3.8, 4) is 0 Å². The minimum Gasteiger partial charge on any atom is -0.314 e. The first-order valence-electron chi connectivity index (χ1n) is 9.07. The van der Waals surface area contributed by atoms with E-state index in [1.54, 1.807) is 0 Å². The van der Waals surface area contributed by atoms with Crippen LogP contribution in [0.15, 0.2) is 24.3 Å². The first-order valence-corrected chi connectivity index (χ1v) is 9.07. The molecule has 2 aliphatic heterocycles. The van der Waals surface area contributed by atoms with Crippen molar-refractivity contribution in [2.75, 3.05) is 46.3 Å². The summed E-state index contributed by atoms with van der Waals surface area (Å²) in [6.45, 7) is 13.8. The third-order valence-electron chi connectivity index (χ3n) is 5.40. The molecule has 2 heterocycles. The van der Waals surface area contributed by atoms with E-state index >= 15 is 0 Å². The van der Waals surface area contributed by atoms with Crippen LogP contribution in [-0.2, 0) is 13.1 Å². The number of rotatable bonds is 4. The summed E-state index contributed by atoms with van der Waals surface area (Å²) in [7, 11) is 2.21. The zero-order valence-electron chi connectivity index (χ0n) is 15.0. The minimum absolute atomic E-state index is 0.615. The summed E-state index contributed by atoms with van der Waals surface area (Å²) in [4.78, 5) is 7.59. The number of piperazine rings is 2. The maximum absolute atomic E-state index is 3.51. The summed E-state index contributed by atoms with van der Waals surface area (Å²) in [6, 6.07) is 10.5. The minimum atomic E-state index is 0.615. The summed E-state index contributed by atoms with van der Waals surface area (Å²) < 4.78 is 0. The van der Waals surface area contributed by atoms with E-state index in [9.17, 15) is 0 Å². The number of hydrogen-bond acceptors (Lipinski definition) is 4. The van der Waals surface area contributed by atoms with Crippen molar-refractivity contribution in [2.24, 2.45) is 0 Å². The topological polar surface area (TPSA) is 21.8 Å². The number of likely N-dealkylation sites (N-methyl/N-ethyl adjacent to an activating group) is 1. The molecule has 0 aliphatic carbocycles.